The standard InChI is InChI=1S/C15H18N6O/c1-3-14(22)21-8-11(9-21)15-18-10(2)6-12(20-15)19-13-7-16-4-5-17-13/h4-7,11H,3,8-9H2,1-2H3,(H,17,18,19,20). The first kappa shape index (κ1) is 14.4. The fraction of sp³-hybridized carbons (Fsp3) is 0.400. The van der Waals surface area contributed by atoms with Gasteiger partial charge in [0.05, 0.1) is 12.1 Å². The fourth-order valence-corrected chi connectivity index (χ4v) is 2.40. The highest BCUT2D eigenvalue weighted by atomic mass is 16.2. The molecule has 2 aromatic heterocycles. The van der Waals surface area contributed by atoms with Crippen molar-refractivity contribution in [1.82, 2.24) is 24.8 Å². The number of likely N-dealkylation sites (tertiary alicyclic amines) is 1. The fourth-order valence-electron chi connectivity index (χ4n) is 2.40. The van der Waals surface area contributed by atoms with E-state index in [2.05, 4.69) is 25.3 Å². The molecule has 0 radical (unpaired) electrons. The number of hydrogen-bond acceptors (Lipinski definition) is 6. The van der Waals surface area contributed by atoms with Gasteiger partial charge in [-0.3, -0.25) is 9.78 Å². The molecule has 0 aromatic carbocycles. The van der Waals surface area contributed by atoms with Crippen molar-refractivity contribution in [2.75, 3.05) is 18.4 Å². The molecule has 7 heteroatoms. The number of anilines is 2. The van der Waals surface area contributed by atoms with Crippen LogP contribution in [0.3, 0.4) is 0 Å². The molecule has 7 nitrogen and oxygen atoms in total. The van der Waals surface area contributed by atoms with E-state index in [1.807, 2.05) is 24.8 Å². The number of carbonyl (C=O) groups excluding carboxylic acids is 1. The highest BCUT2D eigenvalue weighted by Crippen LogP contribution is 2.26. The Morgan fingerprint density at radius 3 is 2.82 bits per heavy atom. The van der Waals surface area contributed by atoms with E-state index in [0.717, 1.165) is 11.5 Å². The van der Waals surface area contributed by atoms with Gasteiger partial charge in [0.1, 0.15) is 17.5 Å². The van der Waals surface area contributed by atoms with Crippen LogP contribution in [0.15, 0.2) is 24.7 Å². The summed E-state index contributed by atoms with van der Waals surface area (Å²) in [4.78, 5) is 30.7. The number of nitrogens with zero attached hydrogens (tertiary/aromatic N) is 5. The van der Waals surface area contributed by atoms with E-state index in [1.165, 1.54) is 0 Å². The SMILES string of the molecule is CCC(=O)N1CC(c2nc(C)cc(Nc3cnccn3)n2)C1. The van der Waals surface area contributed by atoms with Crippen molar-refractivity contribution < 1.29 is 4.79 Å². The van der Waals surface area contributed by atoms with E-state index in [-0.39, 0.29) is 11.8 Å². The highest BCUT2D eigenvalue weighted by molar-refractivity contribution is 5.76. The van der Waals surface area contributed by atoms with E-state index in [0.29, 0.717) is 31.1 Å². The molecule has 22 heavy (non-hydrogen) atoms. The summed E-state index contributed by atoms with van der Waals surface area (Å²) < 4.78 is 0. The molecule has 114 valence electrons. The van der Waals surface area contributed by atoms with Crippen molar-refractivity contribution in [3.05, 3.63) is 36.2 Å². The first-order chi connectivity index (χ1) is 10.7. The lowest BCUT2D eigenvalue weighted by Crippen LogP contribution is -2.48. The lowest BCUT2D eigenvalue weighted by Gasteiger charge is -2.38. The molecule has 1 saturated heterocycles. The van der Waals surface area contributed by atoms with Gasteiger partial charge < -0.3 is 10.2 Å². The second-order valence-electron chi connectivity index (χ2n) is 5.32. The Labute approximate surface area is 128 Å². The normalized spacial score (nSPS) is 14.5. The van der Waals surface area contributed by atoms with Crippen LogP contribution in [0.1, 0.15) is 30.8 Å². The van der Waals surface area contributed by atoms with Crippen molar-refractivity contribution in [2.24, 2.45) is 0 Å². The zero-order valence-corrected chi connectivity index (χ0v) is 12.7. The van der Waals surface area contributed by atoms with Gasteiger partial charge in [-0.1, -0.05) is 6.92 Å². The minimum atomic E-state index is 0.182. The number of carbonyl (C=O) groups is 1. The zero-order valence-electron chi connectivity index (χ0n) is 12.7. The van der Waals surface area contributed by atoms with Crippen LogP contribution in [-0.4, -0.2) is 43.8 Å². The maximum Gasteiger partial charge on any atom is 0.222 e. The summed E-state index contributed by atoms with van der Waals surface area (Å²) in [7, 11) is 0. The van der Waals surface area contributed by atoms with Crippen LogP contribution in [-0.2, 0) is 4.79 Å². The van der Waals surface area contributed by atoms with Crippen LogP contribution < -0.4 is 5.32 Å². The molecule has 0 atom stereocenters. The number of aryl methyl sites for hydroxylation is 1. The van der Waals surface area contributed by atoms with Gasteiger partial charge in [0.15, 0.2) is 0 Å². The van der Waals surface area contributed by atoms with Crippen molar-refractivity contribution >= 4 is 17.5 Å². The molecule has 1 N–H and O–H groups in total. The third kappa shape index (κ3) is 3.03. The topological polar surface area (TPSA) is 83.9 Å². The van der Waals surface area contributed by atoms with Crippen molar-refractivity contribution in [3.8, 4) is 0 Å². The minimum Gasteiger partial charge on any atom is -0.341 e. The van der Waals surface area contributed by atoms with Crippen LogP contribution in [0.2, 0.25) is 0 Å². The van der Waals surface area contributed by atoms with Crippen molar-refractivity contribution in [3.63, 3.8) is 0 Å². The molecule has 0 saturated carbocycles. The highest BCUT2D eigenvalue weighted by Gasteiger charge is 2.33. The quantitative estimate of drug-likeness (QED) is 0.924. The molecule has 2 aromatic rings. The van der Waals surface area contributed by atoms with Crippen LogP contribution in [0.4, 0.5) is 11.6 Å². The van der Waals surface area contributed by atoms with Gasteiger partial charge in [0.25, 0.3) is 0 Å². The smallest absolute Gasteiger partial charge is 0.222 e. The Hall–Kier alpha value is -2.57. The molecule has 0 aliphatic carbocycles. The second kappa shape index (κ2) is 6.05. The summed E-state index contributed by atoms with van der Waals surface area (Å²) in [5.41, 5.74) is 0.886. The van der Waals surface area contributed by atoms with Crippen LogP contribution in [0.25, 0.3) is 0 Å². The number of nitrogens with one attached hydrogen (secondary N) is 1. The van der Waals surface area contributed by atoms with Gasteiger partial charge in [0.2, 0.25) is 5.91 Å². The monoisotopic (exact) mass is 298 g/mol. The minimum absolute atomic E-state index is 0.182. The molecule has 3 heterocycles. The molecule has 0 unspecified atom stereocenters. The Balaban J connectivity index is 1.73. The van der Waals surface area contributed by atoms with Gasteiger partial charge >= 0.3 is 0 Å². The second-order valence-corrected chi connectivity index (χ2v) is 5.32. The Morgan fingerprint density at radius 2 is 2.14 bits per heavy atom. The summed E-state index contributed by atoms with van der Waals surface area (Å²) in [6.07, 6.45) is 5.43. The summed E-state index contributed by atoms with van der Waals surface area (Å²) >= 11 is 0. The Bertz CT molecular complexity index is 669. The number of hydrogen-bond donors (Lipinski definition) is 1. The largest absolute Gasteiger partial charge is 0.341 e. The van der Waals surface area contributed by atoms with E-state index < -0.39 is 0 Å². The van der Waals surface area contributed by atoms with Crippen LogP contribution >= 0.6 is 0 Å². The molecule has 1 aliphatic rings. The first-order valence-corrected chi connectivity index (χ1v) is 7.32. The maximum absolute atomic E-state index is 11.6. The van der Waals surface area contributed by atoms with E-state index in [1.54, 1.807) is 18.6 Å². The lowest BCUT2D eigenvalue weighted by atomic mass is 9.98. The zero-order chi connectivity index (χ0) is 15.5. The summed E-state index contributed by atoms with van der Waals surface area (Å²) in [6.45, 7) is 5.20. The summed E-state index contributed by atoms with van der Waals surface area (Å²) in [5.74, 6) is 2.50. The molecular formula is C15H18N6O. The molecule has 0 spiro atoms. The van der Waals surface area contributed by atoms with E-state index in [9.17, 15) is 4.79 Å². The maximum atomic E-state index is 11.6. The lowest BCUT2D eigenvalue weighted by molar-refractivity contribution is -0.135. The molecule has 1 aliphatic heterocycles. The molecule has 3 rings (SSSR count). The first-order valence-electron chi connectivity index (χ1n) is 7.32. The van der Waals surface area contributed by atoms with Crippen LogP contribution in [0.5, 0.6) is 0 Å². The Kier molecular flexibility index (Phi) is 3.95. The van der Waals surface area contributed by atoms with Crippen molar-refractivity contribution in [2.45, 2.75) is 26.2 Å². The number of aromatic nitrogens is 4. The summed E-state index contributed by atoms with van der Waals surface area (Å²) in [5, 5.41) is 3.13. The van der Waals surface area contributed by atoms with E-state index >= 15 is 0 Å². The summed E-state index contributed by atoms with van der Waals surface area (Å²) in [6, 6.07) is 1.87. The van der Waals surface area contributed by atoms with Crippen molar-refractivity contribution in [1.29, 1.82) is 0 Å². The van der Waals surface area contributed by atoms with Gasteiger partial charge in [-0.05, 0) is 6.92 Å². The van der Waals surface area contributed by atoms with Gasteiger partial charge in [-0.25, -0.2) is 15.0 Å². The molecule has 1 fully saturated rings. The van der Waals surface area contributed by atoms with E-state index in [4.69, 9.17) is 0 Å². The number of rotatable bonds is 4. The Morgan fingerprint density at radius 1 is 1.32 bits per heavy atom. The number of amides is 1. The van der Waals surface area contributed by atoms with Gasteiger partial charge in [0, 0.05) is 43.7 Å². The third-order valence-electron chi connectivity index (χ3n) is 3.59. The molecule has 0 bridgehead atoms. The van der Waals surface area contributed by atoms with Gasteiger partial charge in [-0.15, -0.1) is 0 Å². The molecule has 1 amide bonds. The van der Waals surface area contributed by atoms with Crippen LogP contribution in [0, 0.1) is 6.92 Å². The average Bonchev–Trinajstić information content (AvgIpc) is 2.46. The predicted molar refractivity (Wildman–Crippen MR) is 81.7 cm³/mol. The average molecular weight is 298 g/mol. The predicted octanol–water partition coefficient (Wildman–Crippen LogP) is 1.65. The molecular weight excluding hydrogens is 280 g/mol. The van der Waals surface area contributed by atoms with Gasteiger partial charge in [-0.2, -0.15) is 0 Å². The third-order valence-corrected chi connectivity index (χ3v) is 3.59.